The third-order valence-electron chi connectivity index (χ3n) is 3.38. The van der Waals surface area contributed by atoms with Crippen LogP contribution in [0.3, 0.4) is 0 Å². The number of rotatable bonds is 3. The Hall–Kier alpha value is -0.520. The van der Waals surface area contributed by atoms with Gasteiger partial charge in [0.15, 0.2) is 0 Å². The van der Waals surface area contributed by atoms with E-state index in [0.717, 1.165) is 26.1 Å². The Morgan fingerprint density at radius 1 is 1.57 bits per heavy atom. The van der Waals surface area contributed by atoms with Gasteiger partial charge in [0.05, 0.1) is 6.54 Å². The fourth-order valence-electron chi connectivity index (χ4n) is 2.07. The molecule has 0 aromatic heterocycles. The summed E-state index contributed by atoms with van der Waals surface area (Å²) >= 11 is 0. The van der Waals surface area contributed by atoms with Gasteiger partial charge in [0.1, 0.15) is 0 Å². The zero-order valence-corrected chi connectivity index (χ0v) is 9.64. The Morgan fingerprint density at radius 2 is 2.29 bits per heavy atom. The van der Waals surface area contributed by atoms with Crippen LogP contribution in [-0.4, -0.2) is 36.1 Å². The predicted octanol–water partition coefficient (Wildman–Crippen LogP) is 1.47. The van der Waals surface area contributed by atoms with Crippen LogP contribution in [0.5, 0.6) is 0 Å². The Kier molecular flexibility index (Phi) is 3.97. The predicted molar refractivity (Wildman–Crippen MR) is 61.2 cm³/mol. The van der Waals surface area contributed by atoms with Crippen LogP contribution in [0.15, 0.2) is 0 Å². The lowest BCUT2D eigenvalue weighted by Gasteiger charge is -2.45. The summed E-state index contributed by atoms with van der Waals surface area (Å²) in [7, 11) is 0. The van der Waals surface area contributed by atoms with Crippen LogP contribution < -0.4 is 5.32 Å². The van der Waals surface area contributed by atoms with E-state index in [9.17, 15) is 0 Å². The molecule has 0 aromatic rings. The summed E-state index contributed by atoms with van der Waals surface area (Å²) in [6.07, 6.45) is 7.73. The lowest BCUT2D eigenvalue weighted by Crippen LogP contribution is -2.62. The normalized spacial score (nSPS) is 34.0. The molecule has 0 aliphatic carbocycles. The molecule has 1 aliphatic rings. The highest BCUT2D eigenvalue weighted by molar-refractivity contribution is 4.98. The fraction of sp³-hybridized carbons (Fsp3) is 0.833. The summed E-state index contributed by atoms with van der Waals surface area (Å²) in [5.41, 5.74) is 0.252. The number of piperazine rings is 1. The SMILES string of the molecule is C#CCN1CC(C)(CC)NCC1CC. The molecule has 2 nitrogen and oxygen atoms in total. The smallest absolute Gasteiger partial charge is 0.0602 e. The van der Waals surface area contributed by atoms with E-state index in [2.05, 4.69) is 36.9 Å². The molecular formula is C12H22N2. The van der Waals surface area contributed by atoms with E-state index in [1.807, 2.05) is 0 Å². The molecule has 2 atom stereocenters. The van der Waals surface area contributed by atoms with E-state index in [1.165, 1.54) is 6.42 Å². The van der Waals surface area contributed by atoms with Gasteiger partial charge in [0.25, 0.3) is 0 Å². The monoisotopic (exact) mass is 194 g/mol. The van der Waals surface area contributed by atoms with Crippen LogP contribution in [0.25, 0.3) is 0 Å². The van der Waals surface area contributed by atoms with Crippen LogP contribution in [-0.2, 0) is 0 Å². The van der Waals surface area contributed by atoms with Crippen LogP contribution in [0.2, 0.25) is 0 Å². The molecule has 1 aliphatic heterocycles. The number of nitrogens with zero attached hydrogens (tertiary/aromatic N) is 1. The molecule has 2 unspecified atom stereocenters. The van der Waals surface area contributed by atoms with E-state index in [4.69, 9.17) is 6.42 Å². The van der Waals surface area contributed by atoms with Crippen molar-refractivity contribution in [1.29, 1.82) is 0 Å². The van der Waals surface area contributed by atoms with Gasteiger partial charge in [0, 0.05) is 24.7 Å². The van der Waals surface area contributed by atoms with Crippen molar-refractivity contribution in [2.75, 3.05) is 19.6 Å². The van der Waals surface area contributed by atoms with Gasteiger partial charge < -0.3 is 5.32 Å². The summed E-state index contributed by atoms with van der Waals surface area (Å²) in [6, 6.07) is 0.616. The van der Waals surface area contributed by atoms with Gasteiger partial charge in [-0.15, -0.1) is 6.42 Å². The van der Waals surface area contributed by atoms with Gasteiger partial charge >= 0.3 is 0 Å². The fourth-order valence-corrected chi connectivity index (χ4v) is 2.07. The molecule has 0 aromatic carbocycles. The van der Waals surface area contributed by atoms with Crippen molar-refractivity contribution in [2.24, 2.45) is 0 Å². The molecule has 0 saturated carbocycles. The molecule has 1 N–H and O–H groups in total. The second kappa shape index (κ2) is 4.82. The number of hydrogen-bond donors (Lipinski definition) is 1. The highest BCUT2D eigenvalue weighted by atomic mass is 15.2. The minimum atomic E-state index is 0.252. The summed E-state index contributed by atoms with van der Waals surface area (Å²) in [5, 5.41) is 3.62. The van der Waals surface area contributed by atoms with Crippen LogP contribution in [0, 0.1) is 12.3 Å². The molecule has 1 saturated heterocycles. The minimum Gasteiger partial charge on any atom is -0.309 e. The molecule has 14 heavy (non-hydrogen) atoms. The molecule has 1 fully saturated rings. The quantitative estimate of drug-likeness (QED) is 0.685. The van der Waals surface area contributed by atoms with Crippen molar-refractivity contribution in [2.45, 2.75) is 45.2 Å². The van der Waals surface area contributed by atoms with E-state index in [1.54, 1.807) is 0 Å². The van der Waals surface area contributed by atoms with Gasteiger partial charge in [-0.2, -0.15) is 0 Å². The summed E-state index contributed by atoms with van der Waals surface area (Å²) in [4.78, 5) is 2.43. The van der Waals surface area contributed by atoms with Gasteiger partial charge in [-0.05, 0) is 19.8 Å². The van der Waals surface area contributed by atoms with Crippen molar-refractivity contribution in [3.63, 3.8) is 0 Å². The third kappa shape index (κ3) is 2.50. The lowest BCUT2D eigenvalue weighted by atomic mass is 9.93. The van der Waals surface area contributed by atoms with Crippen molar-refractivity contribution in [3.8, 4) is 12.3 Å². The maximum Gasteiger partial charge on any atom is 0.0602 e. The number of hydrogen-bond acceptors (Lipinski definition) is 2. The second-order valence-corrected chi connectivity index (χ2v) is 4.47. The van der Waals surface area contributed by atoms with Crippen LogP contribution >= 0.6 is 0 Å². The molecule has 1 heterocycles. The van der Waals surface area contributed by atoms with Gasteiger partial charge in [-0.3, -0.25) is 4.90 Å². The van der Waals surface area contributed by atoms with Crippen molar-refractivity contribution < 1.29 is 0 Å². The number of nitrogens with one attached hydrogen (secondary N) is 1. The second-order valence-electron chi connectivity index (χ2n) is 4.47. The highest BCUT2D eigenvalue weighted by Crippen LogP contribution is 2.19. The van der Waals surface area contributed by atoms with Crippen molar-refractivity contribution in [3.05, 3.63) is 0 Å². The number of terminal acetylenes is 1. The first-order valence-electron chi connectivity index (χ1n) is 5.57. The lowest BCUT2D eigenvalue weighted by molar-refractivity contribution is 0.0952. The molecule has 0 amide bonds. The molecule has 0 radical (unpaired) electrons. The maximum atomic E-state index is 5.39. The maximum absolute atomic E-state index is 5.39. The zero-order valence-electron chi connectivity index (χ0n) is 9.64. The zero-order chi connectivity index (χ0) is 10.6. The summed E-state index contributed by atoms with van der Waals surface area (Å²) in [6.45, 7) is 9.67. The van der Waals surface area contributed by atoms with Crippen LogP contribution in [0.1, 0.15) is 33.6 Å². The molecule has 80 valence electrons. The Labute approximate surface area is 88.1 Å². The largest absolute Gasteiger partial charge is 0.309 e. The van der Waals surface area contributed by atoms with Gasteiger partial charge in [-0.1, -0.05) is 19.8 Å². The summed E-state index contributed by atoms with van der Waals surface area (Å²) in [5.74, 6) is 2.76. The Bertz CT molecular complexity index is 219. The minimum absolute atomic E-state index is 0.252. The third-order valence-corrected chi connectivity index (χ3v) is 3.38. The average molecular weight is 194 g/mol. The molecular weight excluding hydrogens is 172 g/mol. The van der Waals surface area contributed by atoms with Crippen molar-refractivity contribution in [1.82, 2.24) is 10.2 Å². The topological polar surface area (TPSA) is 15.3 Å². The standard InChI is InChI=1S/C12H22N2/c1-5-8-14-10-12(4,7-3)13-9-11(14)6-2/h1,11,13H,6-10H2,2-4H3. The van der Waals surface area contributed by atoms with Gasteiger partial charge in [0.2, 0.25) is 0 Å². The average Bonchev–Trinajstić information content (AvgIpc) is 2.19. The van der Waals surface area contributed by atoms with Crippen molar-refractivity contribution >= 4 is 0 Å². The van der Waals surface area contributed by atoms with E-state index >= 15 is 0 Å². The van der Waals surface area contributed by atoms with E-state index in [-0.39, 0.29) is 5.54 Å². The first-order chi connectivity index (χ1) is 6.65. The molecule has 1 rings (SSSR count). The van der Waals surface area contributed by atoms with E-state index in [0.29, 0.717) is 6.04 Å². The Morgan fingerprint density at radius 3 is 2.79 bits per heavy atom. The highest BCUT2D eigenvalue weighted by Gasteiger charge is 2.32. The first-order valence-corrected chi connectivity index (χ1v) is 5.57. The van der Waals surface area contributed by atoms with E-state index < -0.39 is 0 Å². The molecule has 2 heteroatoms. The molecule has 0 bridgehead atoms. The summed E-state index contributed by atoms with van der Waals surface area (Å²) < 4.78 is 0. The Balaban J connectivity index is 2.62. The molecule has 0 spiro atoms. The first kappa shape index (κ1) is 11.6. The van der Waals surface area contributed by atoms with Gasteiger partial charge in [-0.25, -0.2) is 0 Å². The van der Waals surface area contributed by atoms with Crippen LogP contribution in [0.4, 0.5) is 0 Å².